The molecule has 2 aliphatic rings. The minimum absolute atomic E-state index is 0.0400. The quantitative estimate of drug-likeness (QED) is 0.887. The van der Waals surface area contributed by atoms with Crippen LogP contribution in [0.25, 0.3) is 0 Å². The van der Waals surface area contributed by atoms with Crippen LogP contribution in [-0.2, 0) is 14.8 Å². The van der Waals surface area contributed by atoms with E-state index in [2.05, 4.69) is 14.9 Å². The van der Waals surface area contributed by atoms with E-state index in [1.54, 1.807) is 0 Å². The zero-order chi connectivity index (χ0) is 14.1. The Hall–Kier alpha value is -0.920. The van der Waals surface area contributed by atoms with E-state index < -0.39 is 10.0 Å². The first-order chi connectivity index (χ1) is 9.60. The zero-order valence-electron chi connectivity index (χ0n) is 11.5. The molecule has 2 fully saturated rings. The third kappa shape index (κ3) is 2.89. The Labute approximate surface area is 119 Å². The molecule has 3 rings (SSSR count). The van der Waals surface area contributed by atoms with Crippen molar-refractivity contribution in [1.82, 2.24) is 14.9 Å². The standard InChI is InChI=1S/C13H21N3O3S/c17-20(18,12-9-14-15-10-12)16-11-4-7-19-13(8-11)5-2-1-3-6-13/h9-11,16H,1-8H2,(H,14,15). The molecule has 1 aliphatic heterocycles. The van der Waals surface area contributed by atoms with Crippen LogP contribution in [0.2, 0.25) is 0 Å². The summed E-state index contributed by atoms with van der Waals surface area (Å²) in [4.78, 5) is 0.196. The summed E-state index contributed by atoms with van der Waals surface area (Å²) >= 11 is 0. The van der Waals surface area contributed by atoms with Crippen LogP contribution >= 0.6 is 0 Å². The van der Waals surface area contributed by atoms with Crippen molar-refractivity contribution in [3.8, 4) is 0 Å². The van der Waals surface area contributed by atoms with Crippen molar-refractivity contribution in [3.63, 3.8) is 0 Å². The Morgan fingerprint density at radius 1 is 1.35 bits per heavy atom. The van der Waals surface area contributed by atoms with Gasteiger partial charge in [0.2, 0.25) is 10.0 Å². The maximum Gasteiger partial charge on any atom is 0.243 e. The molecule has 112 valence electrons. The molecule has 6 nitrogen and oxygen atoms in total. The molecule has 0 radical (unpaired) electrons. The van der Waals surface area contributed by atoms with Crippen LogP contribution in [0.3, 0.4) is 0 Å². The second-order valence-corrected chi connectivity index (χ2v) is 7.55. The highest BCUT2D eigenvalue weighted by atomic mass is 32.2. The minimum Gasteiger partial charge on any atom is -0.375 e. The number of aromatic nitrogens is 2. The second-order valence-electron chi connectivity index (χ2n) is 5.84. The lowest BCUT2D eigenvalue weighted by atomic mass is 9.78. The van der Waals surface area contributed by atoms with Crippen LogP contribution < -0.4 is 4.72 Å². The third-order valence-corrected chi connectivity index (χ3v) is 5.85. The summed E-state index contributed by atoms with van der Waals surface area (Å²) < 4.78 is 33.2. The molecule has 0 amide bonds. The van der Waals surface area contributed by atoms with E-state index in [0.29, 0.717) is 6.61 Å². The number of nitrogens with one attached hydrogen (secondary N) is 2. The lowest BCUT2D eigenvalue weighted by Gasteiger charge is -2.43. The molecule has 1 saturated carbocycles. The SMILES string of the molecule is O=S(=O)(NC1CCOC2(CCCCC2)C1)c1cn[nH]c1. The van der Waals surface area contributed by atoms with Crippen LogP contribution in [0.1, 0.15) is 44.9 Å². The van der Waals surface area contributed by atoms with Crippen LogP contribution in [0.5, 0.6) is 0 Å². The number of sulfonamides is 1. The molecular weight excluding hydrogens is 278 g/mol. The predicted octanol–water partition coefficient (Wildman–Crippen LogP) is 1.57. The van der Waals surface area contributed by atoms with Gasteiger partial charge in [0.15, 0.2) is 0 Å². The number of nitrogens with zero attached hydrogens (tertiary/aromatic N) is 1. The highest BCUT2D eigenvalue weighted by molar-refractivity contribution is 7.89. The van der Waals surface area contributed by atoms with Crippen molar-refractivity contribution in [2.24, 2.45) is 0 Å². The van der Waals surface area contributed by atoms with Crippen LogP contribution in [-0.4, -0.2) is 36.9 Å². The Kier molecular flexibility index (Phi) is 3.83. The van der Waals surface area contributed by atoms with Crippen molar-refractivity contribution in [2.45, 2.75) is 61.5 Å². The van der Waals surface area contributed by atoms with Gasteiger partial charge in [-0.25, -0.2) is 13.1 Å². The molecule has 1 aliphatic carbocycles. The highest BCUT2D eigenvalue weighted by Crippen LogP contribution is 2.38. The number of hydrogen-bond donors (Lipinski definition) is 2. The van der Waals surface area contributed by atoms with Gasteiger partial charge in [-0.1, -0.05) is 19.3 Å². The first-order valence-electron chi connectivity index (χ1n) is 7.25. The smallest absolute Gasteiger partial charge is 0.243 e. The predicted molar refractivity (Wildman–Crippen MR) is 73.7 cm³/mol. The summed E-state index contributed by atoms with van der Waals surface area (Å²) in [5.41, 5.74) is -0.0971. The number of aromatic amines is 1. The molecule has 1 spiro atoms. The molecule has 1 aromatic rings. The fraction of sp³-hybridized carbons (Fsp3) is 0.769. The largest absolute Gasteiger partial charge is 0.375 e. The molecule has 2 N–H and O–H groups in total. The molecule has 1 unspecified atom stereocenters. The van der Waals surface area contributed by atoms with Gasteiger partial charge in [0, 0.05) is 18.8 Å². The fourth-order valence-electron chi connectivity index (χ4n) is 3.35. The number of ether oxygens (including phenoxy) is 1. The van der Waals surface area contributed by atoms with E-state index >= 15 is 0 Å². The summed E-state index contributed by atoms with van der Waals surface area (Å²) in [6.45, 7) is 0.637. The lowest BCUT2D eigenvalue weighted by molar-refractivity contribution is -0.106. The summed E-state index contributed by atoms with van der Waals surface area (Å²) in [5.74, 6) is 0. The summed E-state index contributed by atoms with van der Waals surface area (Å²) in [6, 6.07) is -0.0400. The van der Waals surface area contributed by atoms with Gasteiger partial charge >= 0.3 is 0 Å². The van der Waals surface area contributed by atoms with E-state index in [-0.39, 0.29) is 16.5 Å². The first kappa shape index (κ1) is 14.0. The summed E-state index contributed by atoms with van der Waals surface area (Å²) in [7, 11) is -3.47. The van der Waals surface area contributed by atoms with Gasteiger partial charge in [-0.15, -0.1) is 0 Å². The van der Waals surface area contributed by atoms with Crippen LogP contribution in [0.15, 0.2) is 17.3 Å². The second kappa shape index (κ2) is 5.46. The van der Waals surface area contributed by atoms with Gasteiger partial charge < -0.3 is 4.74 Å². The fourth-order valence-corrected chi connectivity index (χ4v) is 4.52. The van der Waals surface area contributed by atoms with E-state index in [1.807, 2.05) is 0 Å². The van der Waals surface area contributed by atoms with Crippen LogP contribution in [0.4, 0.5) is 0 Å². The van der Waals surface area contributed by atoms with Gasteiger partial charge in [-0.05, 0) is 25.7 Å². The van der Waals surface area contributed by atoms with E-state index in [4.69, 9.17) is 4.74 Å². The Morgan fingerprint density at radius 2 is 2.15 bits per heavy atom. The number of rotatable bonds is 3. The average molecular weight is 299 g/mol. The molecule has 0 bridgehead atoms. The zero-order valence-corrected chi connectivity index (χ0v) is 12.3. The summed E-state index contributed by atoms with van der Waals surface area (Å²) in [5, 5.41) is 6.23. The van der Waals surface area contributed by atoms with Crippen molar-refractivity contribution in [1.29, 1.82) is 0 Å². The van der Waals surface area contributed by atoms with Crippen molar-refractivity contribution in [2.75, 3.05) is 6.61 Å². The molecule has 1 atom stereocenters. The Morgan fingerprint density at radius 3 is 2.85 bits per heavy atom. The Balaban J connectivity index is 1.68. The van der Waals surface area contributed by atoms with Crippen molar-refractivity contribution < 1.29 is 13.2 Å². The monoisotopic (exact) mass is 299 g/mol. The Bertz CT molecular complexity index is 530. The van der Waals surface area contributed by atoms with E-state index in [0.717, 1.165) is 25.7 Å². The maximum atomic E-state index is 12.2. The molecule has 2 heterocycles. The van der Waals surface area contributed by atoms with Gasteiger partial charge in [0.25, 0.3) is 0 Å². The van der Waals surface area contributed by atoms with Gasteiger partial charge in [0.05, 0.1) is 11.8 Å². The highest BCUT2D eigenvalue weighted by Gasteiger charge is 2.39. The topological polar surface area (TPSA) is 84.1 Å². The molecule has 1 aromatic heterocycles. The van der Waals surface area contributed by atoms with Crippen molar-refractivity contribution >= 4 is 10.0 Å². The molecule has 20 heavy (non-hydrogen) atoms. The third-order valence-electron chi connectivity index (χ3n) is 4.36. The first-order valence-corrected chi connectivity index (χ1v) is 8.73. The maximum absolute atomic E-state index is 12.2. The van der Waals surface area contributed by atoms with E-state index in [1.165, 1.54) is 31.7 Å². The molecule has 1 saturated heterocycles. The summed E-state index contributed by atoms with van der Waals surface area (Å²) in [6.07, 6.45) is 9.98. The minimum atomic E-state index is -3.47. The average Bonchev–Trinajstić information content (AvgIpc) is 2.94. The normalized spacial score (nSPS) is 26.7. The lowest BCUT2D eigenvalue weighted by Crippen LogP contribution is -2.49. The van der Waals surface area contributed by atoms with E-state index in [9.17, 15) is 8.42 Å². The number of hydrogen-bond acceptors (Lipinski definition) is 4. The van der Waals surface area contributed by atoms with Gasteiger partial charge in [0.1, 0.15) is 4.90 Å². The number of H-pyrrole nitrogens is 1. The van der Waals surface area contributed by atoms with Gasteiger partial charge in [-0.2, -0.15) is 5.10 Å². The van der Waals surface area contributed by atoms with Crippen LogP contribution in [0, 0.1) is 0 Å². The molecule has 7 heteroatoms. The molecular formula is C13H21N3O3S. The van der Waals surface area contributed by atoms with Gasteiger partial charge in [-0.3, -0.25) is 5.10 Å². The molecule has 0 aromatic carbocycles. The van der Waals surface area contributed by atoms with Crippen molar-refractivity contribution in [3.05, 3.63) is 12.4 Å².